The van der Waals surface area contributed by atoms with Crippen molar-refractivity contribution < 1.29 is 18.3 Å². The summed E-state index contributed by atoms with van der Waals surface area (Å²) in [6.07, 6.45) is 2.48. The van der Waals surface area contributed by atoms with Gasteiger partial charge in [-0.2, -0.15) is 0 Å². The van der Waals surface area contributed by atoms with Gasteiger partial charge in [0, 0.05) is 6.04 Å². The first-order valence-electron chi connectivity index (χ1n) is 6.37. The maximum atomic E-state index is 12.4. The van der Waals surface area contributed by atoms with E-state index in [1.807, 2.05) is 0 Å². The molecule has 0 amide bonds. The van der Waals surface area contributed by atoms with E-state index in [0.717, 1.165) is 24.2 Å². The third-order valence-electron chi connectivity index (χ3n) is 3.91. The first-order valence-corrected chi connectivity index (χ1v) is 9.43. The van der Waals surface area contributed by atoms with E-state index in [1.54, 1.807) is 6.92 Å². The Balaban J connectivity index is 2.31. The van der Waals surface area contributed by atoms with Gasteiger partial charge in [-0.15, -0.1) is 11.3 Å². The number of carboxylic acid groups (broad SMARTS) is 1. The van der Waals surface area contributed by atoms with Crippen LogP contribution in [-0.2, 0) is 14.8 Å². The zero-order valence-electron chi connectivity index (χ0n) is 11.2. The van der Waals surface area contributed by atoms with Crippen molar-refractivity contribution in [3.8, 4) is 0 Å². The number of hydrogen-bond donors (Lipinski definition) is 2. The first-order chi connectivity index (χ1) is 9.67. The molecule has 1 aromatic rings. The molecule has 1 heterocycles. The average molecular weight is 372 g/mol. The highest BCUT2D eigenvalue weighted by atomic mass is 35.5. The van der Waals surface area contributed by atoms with E-state index < -0.39 is 27.4 Å². The predicted octanol–water partition coefficient (Wildman–Crippen LogP) is 3.37. The van der Waals surface area contributed by atoms with Crippen molar-refractivity contribution in [3.63, 3.8) is 0 Å². The second-order valence-electron chi connectivity index (χ2n) is 5.33. The van der Waals surface area contributed by atoms with Gasteiger partial charge in [-0.1, -0.05) is 36.0 Å². The fourth-order valence-corrected chi connectivity index (χ4v) is 6.07. The summed E-state index contributed by atoms with van der Waals surface area (Å²) in [6.45, 7) is 1.57. The van der Waals surface area contributed by atoms with Crippen molar-refractivity contribution in [2.75, 3.05) is 0 Å². The maximum Gasteiger partial charge on any atom is 0.310 e. The third-order valence-corrected chi connectivity index (χ3v) is 7.13. The minimum absolute atomic E-state index is 0.0698. The Kier molecular flexibility index (Phi) is 4.90. The van der Waals surface area contributed by atoms with Crippen LogP contribution in [0.15, 0.2) is 11.0 Å². The molecule has 1 aliphatic carbocycles. The van der Waals surface area contributed by atoms with Gasteiger partial charge in [-0.05, 0) is 25.8 Å². The number of nitrogens with one attached hydrogen (secondary N) is 1. The molecule has 0 aromatic carbocycles. The van der Waals surface area contributed by atoms with E-state index in [0.29, 0.717) is 12.8 Å². The highest BCUT2D eigenvalue weighted by Crippen LogP contribution is 2.39. The lowest BCUT2D eigenvalue weighted by Gasteiger charge is -2.38. The Bertz CT molecular complexity index is 658. The molecule has 0 radical (unpaired) electrons. The highest BCUT2D eigenvalue weighted by molar-refractivity contribution is 7.89. The van der Waals surface area contributed by atoms with Crippen LogP contribution >= 0.6 is 34.5 Å². The molecule has 0 spiro atoms. The van der Waals surface area contributed by atoms with Gasteiger partial charge in [-0.25, -0.2) is 13.1 Å². The number of carboxylic acids is 1. The molecule has 2 N–H and O–H groups in total. The molecule has 0 bridgehead atoms. The van der Waals surface area contributed by atoms with Gasteiger partial charge in [0.2, 0.25) is 10.0 Å². The van der Waals surface area contributed by atoms with Gasteiger partial charge in [0.25, 0.3) is 0 Å². The molecule has 5 nitrogen and oxygen atoms in total. The highest BCUT2D eigenvalue weighted by Gasteiger charge is 2.45. The number of sulfonamides is 1. The average Bonchev–Trinajstić information content (AvgIpc) is 2.72. The lowest BCUT2D eigenvalue weighted by Crippen LogP contribution is -2.52. The molecular formula is C12H15Cl2NO4S2. The number of rotatable bonds is 4. The number of aliphatic carboxylic acids is 1. The summed E-state index contributed by atoms with van der Waals surface area (Å²) >= 11 is 12.6. The van der Waals surface area contributed by atoms with Crippen LogP contribution in [0.25, 0.3) is 0 Å². The van der Waals surface area contributed by atoms with E-state index in [4.69, 9.17) is 23.2 Å². The molecule has 0 aliphatic heterocycles. The zero-order chi connectivity index (χ0) is 15.8. The van der Waals surface area contributed by atoms with Crippen molar-refractivity contribution in [2.45, 2.75) is 43.5 Å². The van der Waals surface area contributed by atoms with Gasteiger partial charge in [0.1, 0.15) is 9.23 Å². The largest absolute Gasteiger partial charge is 0.481 e. The minimum Gasteiger partial charge on any atom is -0.481 e. The molecule has 1 aromatic heterocycles. The maximum absolute atomic E-state index is 12.4. The lowest BCUT2D eigenvalue weighted by molar-refractivity contribution is -0.151. The van der Waals surface area contributed by atoms with E-state index in [2.05, 4.69) is 4.72 Å². The number of halogens is 2. The summed E-state index contributed by atoms with van der Waals surface area (Å²) in [4.78, 5) is 11.4. The normalized spacial score (nSPS) is 26.7. The number of hydrogen-bond acceptors (Lipinski definition) is 4. The van der Waals surface area contributed by atoms with Crippen LogP contribution in [0.4, 0.5) is 0 Å². The summed E-state index contributed by atoms with van der Waals surface area (Å²) in [7, 11) is -3.89. The smallest absolute Gasteiger partial charge is 0.310 e. The fraction of sp³-hybridized carbons (Fsp3) is 0.583. The van der Waals surface area contributed by atoms with Crippen molar-refractivity contribution in [2.24, 2.45) is 5.41 Å². The Labute approximate surface area is 137 Å². The summed E-state index contributed by atoms with van der Waals surface area (Å²) in [5, 5.41) is 9.41. The monoisotopic (exact) mass is 371 g/mol. The van der Waals surface area contributed by atoms with Crippen LogP contribution in [0.3, 0.4) is 0 Å². The number of thiophene rings is 1. The topological polar surface area (TPSA) is 83.5 Å². The summed E-state index contributed by atoms with van der Waals surface area (Å²) in [5.41, 5.74) is -1.11. The molecule has 9 heteroatoms. The van der Waals surface area contributed by atoms with Crippen molar-refractivity contribution >= 4 is 50.5 Å². The lowest BCUT2D eigenvalue weighted by atomic mass is 9.72. The second kappa shape index (κ2) is 6.04. The van der Waals surface area contributed by atoms with Crippen molar-refractivity contribution in [1.82, 2.24) is 4.72 Å². The standard InChI is InChI=1S/C12H15Cl2NO4S2/c1-12(11(16)17)5-3-2-4-8(12)15-21(18,19)7-6-9(13)20-10(7)14/h6,8,15H,2-5H2,1H3,(H,16,17). The van der Waals surface area contributed by atoms with Gasteiger partial charge >= 0.3 is 5.97 Å². The molecular weight excluding hydrogens is 357 g/mol. The molecule has 1 aliphatic rings. The van der Waals surface area contributed by atoms with Crippen LogP contribution in [0, 0.1) is 5.41 Å². The summed E-state index contributed by atoms with van der Waals surface area (Å²) < 4.78 is 27.6. The molecule has 1 saturated carbocycles. The van der Waals surface area contributed by atoms with Crippen LogP contribution in [0.1, 0.15) is 32.6 Å². The molecule has 2 rings (SSSR count). The van der Waals surface area contributed by atoms with Gasteiger partial charge in [0.15, 0.2) is 0 Å². The fourth-order valence-electron chi connectivity index (χ4n) is 2.54. The van der Waals surface area contributed by atoms with E-state index in [1.165, 1.54) is 6.07 Å². The predicted molar refractivity (Wildman–Crippen MR) is 82.7 cm³/mol. The van der Waals surface area contributed by atoms with Gasteiger partial charge < -0.3 is 5.11 Å². The van der Waals surface area contributed by atoms with Crippen LogP contribution < -0.4 is 4.72 Å². The van der Waals surface area contributed by atoms with Gasteiger partial charge in [0.05, 0.1) is 9.75 Å². The van der Waals surface area contributed by atoms with Crippen LogP contribution in [0.2, 0.25) is 8.67 Å². The number of carbonyl (C=O) groups is 1. The Morgan fingerprint density at radius 1 is 1.48 bits per heavy atom. The Hall–Kier alpha value is -0.340. The van der Waals surface area contributed by atoms with Crippen molar-refractivity contribution in [3.05, 3.63) is 14.7 Å². The molecule has 2 atom stereocenters. The van der Waals surface area contributed by atoms with Crippen LogP contribution in [0.5, 0.6) is 0 Å². The molecule has 0 saturated heterocycles. The molecule has 21 heavy (non-hydrogen) atoms. The first kappa shape index (κ1) is 17.0. The second-order valence-corrected chi connectivity index (χ2v) is 9.30. The third kappa shape index (κ3) is 3.37. The quantitative estimate of drug-likeness (QED) is 0.849. The van der Waals surface area contributed by atoms with Crippen molar-refractivity contribution in [1.29, 1.82) is 0 Å². The summed E-state index contributed by atoms with van der Waals surface area (Å²) in [6, 6.07) is 0.612. The van der Waals surface area contributed by atoms with E-state index >= 15 is 0 Å². The SMILES string of the molecule is CC1(C(=O)O)CCCCC1NS(=O)(=O)c1cc(Cl)sc1Cl. The molecule has 118 valence electrons. The van der Waals surface area contributed by atoms with Crippen LogP contribution in [-0.4, -0.2) is 25.5 Å². The molecule has 1 fully saturated rings. The van der Waals surface area contributed by atoms with E-state index in [9.17, 15) is 18.3 Å². The Morgan fingerprint density at radius 2 is 2.14 bits per heavy atom. The molecule has 2 unspecified atom stereocenters. The van der Waals surface area contributed by atoms with E-state index in [-0.39, 0.29) is 13.6 Å². The Morgan fingerprint density at radius 3 is 2.67 bits per heavy atom. The van der Waals surface area contributed by atoms with Gasteiger partial charge in [-0.3, -0.25) is 4.79 Å². The zero-order valence-corrected chi connectivity index (χ0v) is 14.4. The minimum atomic E-state index is -3.89. The summed E-state index contributed by atoms with van der Waals surface area (Å²) in [5.74, 6) is -0.996.